The summed E-state index contributed by atoms with van der Waals surface area (Å²) in [5, 5.41) is 11.6. The third-order valence-corrected chi connectivity index (χ3v) is 4.40. The smallest absolute Gasteiger partial charge is 0.282 e. The Bertz CT molecular complexity index is 613. The molecule has 0 bridgehead atoms. The molecule has 7 heteroatoms. The van der Waals surface area contributed by atoms with Crippen molar-refractivity contribution in [1.29, 1.82) is 0 Å². The van der Waals surface area contributed by atoms with E-state index in [4.69, 9.17) is 9.57 Å². The molecular weight excluding hydrogens is 406 g/mol. The van der Waals surface area contributed by atoms with E-state index < -0.39 is 11.4 Å². The fourth-order valence-corrected chi connectivity index (χ4v) is 2.92. The van der Waals surface area contributed by atoms with Crippen molar-refractivity contribution in [2.24, 2.45) is 0 Å². The third kappa shape index (κ3) is 2.88. The molecule has 2 rings (SSSR count). The molecule has 1 aliphatic heterocycles. The minimum atomic E-state index is -0.966. The average molecular weight is 421 g/mol. The summed E-state index contributed by atoms with van der Waals surface area (Å²) < 4.78 is 6.35. The Morgan fingerprint density at radius 3 is 2.62 bits per heavy atom. The number of benzene rings is 1. The highest BCUT2D eigenvalue weighted by Gasteiger charge is 2.48. The number of aliphatic hydroxyl groups is 1. The largest absolute Gasteiger partial charge is 0.509 e. The Morgan fingerprint density at radius 2 is 2.00 bits per heavy atom. The second-order valence-corrected chi connectivity index (χ2v) is 6.81. The van der Waals surface area contributed by atoms with Crippen LogP contribution >= 0.6 is 31.9 Å². The third-order valence-electron chi connectivity index (χ3n) is 3.22. The maximum atomic E-state index is 12.6. The number of nitrogens with zero attached hydrogens (tertiary/aromatic N) is 1. The van der Waals surface area contributed by atoms with Gasteiger partial charge in [-0.1, -0.05) is 31.9 Å². The van der Waals surface area contributed by atoms with E-state index in [2.05, 4.69) is 31.9 Å². The van der Waals surface area contributed by atoms with Crippen molar-refractivity contribution in [3.8, 4) is 0 Å². The van der Waals surface area contributed by atoms with E-state index in [1.807, 2.05) is 6.07 Å². The first-order valence-corrected chi connectivity index (χ1v) is 7.75. The number of ether oxygens (including phenoxy) is 1. The van der Waals surface area contributed by atoms with Gasteiger partial charge in [0.1, 0.15) is 11.3 Å². The van der Waals surface area contributed by atoms with Crippen LogP contribution in [-0.4, -0.2) is 35.5 Å². The minimum Gasteiger partial charge on any atom is -0.509 e. The number of amides is 1. The van der Waals surface area contributed by atoms with Crippen LogP contribution < -0.4 is 0 Å². The number of hydrogen-bond donors (Lipinski definition) is 1. The molecule has 0 aliphatic carbocycles. The predicted molar refractivity (Wildman–Crippen MR) is 85.3 cm³/mol. The van der Waals surface area contributed by atoms with Crippen LogP contribution in [0.15, 0.2) is 32.9 Å². The summed E-state index contributed by atoms with van der Waals surface area (Å²) >= 11 is 6.77. The lowest BCUT2D eigenvalue weighted by molar-refractivity contribution is -0.238. The Kier molecular flexibility index (Phi) is 4.77. The molecule has 0 unspecified atom stereocenters. The quantitative estimate of drug-likeness (QED) is 0.755. The zero-order chi connectivity index (χ0) is 15.8. The molecule has 21 heavy (non-hydrogen) atoms. The van der Waals surface area contributed by atoms with Crippen molar-refractivity contribution in [2.45, 2.75) is 19.4 Å². The number of carbonyl (C=O) groups is 1. The summed E-state index contributed by atoms with van der Waals surface area (Å²) in [4.78, 5) is 17.9. The van der Waals surface area contributed by atoms with Crippen molar-refractivity contribution >= 4 is 43.3 Å². The molecule has 1 aromatic rings. The fourth-order valence-electron chi connectivity index (χ4n) is 2.12. The van der Waals surface area contributed by atoms with Crippen LogP contribution in [-0.2, 0) is 14.4 Å². The number of aliphatic hydroxyl groups excluding tert-OH is 1. The Balaban J connectivity index is 2.50. The van der Waals surface area contributed by atoms with Gasteiger partial charge in [0.15, 0.2) is 6.79 Å². The molecule has 0 atom stereocenters. The number of hydroxylamine groups is 2. The van der Waals surface area contributed by atoms with Gasteiger partial charge in [-0.15, -0.1) is 0 Å². The van der Waals surface area contributed by atoms with Crippen LogP contribution in [0.25, 0.3) is 5.57 Å². The van der Waals surface area contributed by atoms with E-state index in [-0.39, 0.29) is 18.1 Å². The zero-order valence-electron chi connectivity index (χ0n) is 11.8. The standard InChI is InChI=1S/C14H15Br2NO4/c1-14(2)12(18)11(13(19)17(14)21-7-20-3)9-6-8(15)4-5-10(9)16/h4-6,18H,7H2,1-3H3. The number of carbonyl (C=O) groups excluding carboxylic acids is 1. The second kappa shape index (κ2) is 6.08. The minimum absolute atomic E-state index is 0.0394. The van der Waals surface area contributed by atoms with Crippen molar-refractivity contribution in [3.05, 3.63) is 38.5 Å². The summed E-state index contributed by atoms with van der Waals surface area (Å²) in [5.74, 6) is -0.448. The topological polar surface area (TPSA) is 59.0 Å². The zero-order valence-corrected chi connectivity index (χ0v) is 15.0. The lowest BCUT2D eigenvalue weighted by Gasteiger charge is -2.30. The summed E-state index contributed by atoms with van der Waals surface area (Å²) in [6, 6.07) is 5.41. The van der Waals surface area contributed by atoms with Crippen molar-refractivity contribution < 1.29 is 19.5 Å². The molecule has 0 aromatic heterocycles. The average Bonchev–Trinajstić information content (AvgIpc) is 2.58. The Morgan fingerprint density at radius 1 is 1.33 bits per heavy atom. The van der Waals surface area contributed by atoms with Crippen molar-refractivity contribution in [2.75, 3.05) is 13.9 Å². The normalized spacial score (nSPS) is 17.8. The van der Waals surface area contributed by atoms with Gasteiger partial charge in [-0.05, 0) is 32.0 Å². The van der Waals surface area contributed by atoms with Crippen molar-refractivity contribution in [1.82, 2.24) is 5.06 Å². The molecule has 1 heterocycles. The van der Waals surface area contributed by atoms with Gasteiger partial charge in [-0.25, -0.2) is 9.90 Å². The molecule has 114 valence electrons. The summed E-state index contributed by atoms with van der Waals surface area (Å²) in [6.07, 6.45) is 0. The first-order chi connectivity index (χ1) is 9.80. The first kappa shape index (κ1) is 16.5. The van der Waals surface area contributed by atoms with Gasteiger partial charge in [-0.2, -0.15) is 0 Å². The fraction of sp³-hybridized carbons (Fsp3) is 0.357. The monoisotopic (exact) mass is 419 g/mol. The van der Waals surface area contributed by atoms with Gasteiger partial charge in [0.2, 0.25) is 0 Å². The molecule has 1 aromatic carbocycles. The van der Waals surface area contributed by atoms with E-state index in [0.717, 1.165) is 9.54 Å². The van der Waals surface area contributed by atoms with E-state index in [1.54, 1.807) is 26.0 Å². The highest BCUT2D eigenvalue weighted by molar-refractivity contribution is 9.11. The summed E-state index contributed by atoms with van der Waals surface area (Å²) in [6.45, 7) is 3.33. The lowest BCUT2D eigenvalue weighted by Crippen LogP contribution is -2.43. The van der Waals surface area contributed by atoms with Gasteiger partial charge in [0.05, 0.1) is 5.57 Å². The number of halogens is 2. The molecule has 5 nitrogen and oxygen atoms in total. The summed E-state index contributed by atoms with van der Waals surface area (Å²) in [7, 11) is 1.46. The van der Waals surface area contributed by atoms with E-state index >= 15 is 0 Å². The first-order valence-electron chi connectivity index (χ1n) is 6.16. The van der Waals surface area contributed by atoms with Gasteiger partial charge in [-0.3, -0.25) is 4.79 Å². The molecule has 1 aliphatic rings. The highest BCUT2D eigenvalue weighted by atomic mass is 79.9. The SMILES string of the molecule is COCON1C(=O)C(c2cc(Br)ccc2Br)=C(O)C1(C)C. The van der Waals surface area contributed by atoms with E-state index in [9.17, 15) is 9.90 Å². The molecule has 1 amide bonds. The molecule has 0 fully saturated rings. The number of hydrogen-bond acceptors (Lipinski definition) is 4. The van der Waals surface area contributed by atoms with Gasteiger partial charge in [0, 0.05) is 21.6 Å². The van der Waals surface area contributed by atoms with Crippen LogP contribution in [0.5, 0.6) is 0 Å². The van der Waals surface area contributed by atoms with E-state index in [1.165, 1.54) is 7.11 Å². The van der Waals surface area contributed by atoms with Gasteiger partial charge >= 0.3 is 0 Å². The number of rotatable bonds is 4. The summed E-state index contributed by atoms with van der Waals surface area (Å²) in [5.41, 5.74) is -0.153. The Labute approximate surface area is 139 Å². The van der Waals surface area contributed by atoms with Crippen LogP contribution in [0.4, 0.5) is 0 Å². The molecular formula is C14H15Br2NO4. The highest BCUT2D eigenvalue weighted by Crippen LogP contribution is 2.41. The Hall–Kier alpha value is -0.890. The van der Waals surface area contributed by atoms with Crippen LogP contribution in [0.2, 0.25) is 0 Å². The lowest BCUT2D eigenvalue weighted by atomic mass is 9.99. The second-order valence-electron chi connectivity index (χ2n) is 5.04. The molecule has 0 spiro atoms. The van der Waals surface area contributed by atoms with Crippen molar-refractivity contribution in [3.63, 3.8) is 0 Å². The molecule has 0 saturated carbocycles. The van der Waals surface area contributed by atoms with E-state index in [0.29, 0.717) is 10.0 Å². The predicted octanol–water partition coefficient (Wildman–Crippen LogP) is 3.64. The van der Waals surface area contributed by atoms with Gasteiger partial charge in [0.25, 0.3) is 5.91 Å². The van der Waals surface area contributed by atoms with Gasteiger partial charge < -0.3 is 9.84 Å². The molecule has 0 radical (unpaired) electrons. The maximum Gasteiger partial charge on any atom is 0.282 e. The molecule has 1 N–H and O–H groups in total. The number of methoxy groups -OCH3 is 1. The van der Waals surface area contributed by atoms with Crippen LogP contribution in [0, 0.1) is 0 Å². The van der Waals surface area contributed by atoms with Crippen LogP contribution in [0.3, 0.4) is 0 Å². The maximum absolute atomic E-state index is 12.6. The molecule has 0 saturated heterocycles. The van der Waals surface area contributed by atoms with Crippen LogP contribution in [0.1, 0.15) is 19.4 Å².